The zero-order chi connectivity index (χ0) is 15.0. The Morgan fingerprint density at radius 2 is 2.25 bits per heavy atom. The van der Waals surface area contributed by atoms with E-state index in [9.17, 15) is 9.59 Å². The van der Waals surface area contributed by atoms with Gasteiger partial charge in [0.15, 0.2) is 10.9 Å². The minimum absolute atomic E-state index is 0.00931. The lowest BCUT2D eigenvalue weighted by Crippen LogP contribution is -2.26. The normalized spacial score (nSPS) is 10.3. The van der Waals surface area contributed by atoms with E-state index in [1.54, 1.807) is 0 Å². The molecule has 0 atom stereocenters. The number of carbonyl (C=O) groups excluding carboxylic acids is 1. The van der Waals surface area contributed by atoms with Gasteiger partial charge in [-0.2, -0.15) is 0 Å². The molecule has 0 radical (unpaired) electrons. The summed E-state index contributed by atoms with van der Waals surface area (Å²) in [6.07, 6.45) is 2.75. The number of hydrogen-bond acceptors (Lipinski definition) is 5. The zero-order valence-electron chi connectivity index (χ0n) is 11.1. The lowest BCUT2D eigenvalue weighted by atomic mass is 10.3. The van der Waals surface area contributed by atoms with Crippen molar-refractivity contribution in [1.29, 1.82) is 0 Å². The third-order valence-corrected chi connectivity index (χ3v) is 3.57. The molecule has 1 rings (SSSR count). The van der Waals surface area contributed by atoms with E-state index in [4.69, 9.17) is 16.7 Å². The van der Waals surface area contributed by atoms with Gasteiger partial charge < -0.3 is 10.4 Å². The highest BCUT2D eigenvalue weighted by atomic mass is 35.5. The number of amides is 1. The average molecular weight is 318 g/mol. The Bertz CT molecular complexity index is 485. The fourth-order valence-electron chi connectivity index (χ4n) is 1.30. The molecule has 0 saturated heterocycles. The van der Waals surface area contributed by atoms with E-state index in [1.807, 2.05) is 6.92 Å². The van der Waals surface area contributed by atoms with E-state index in [2.05, 4.69) is 15.3 Å². The summed E-state index contributed by atoms with van der Waals surface area (Å²) in [7, 11) is 0. The Labute approximate surface area is 126 Å². The fraction of sp³-hybridized carbons (Fsp3) is 0.500. The van der Waals surface area contributed by atoms with Gasteiger partial charge in [-0.05, 0) is 12.8 Å². The molecular formula is C12H16ClN3O3S. The van der Waals surface area contributed by atoms with Crippen molar-refractivity contribution in [3.05, 3.63) is 16.9 Å². The van der Waals surface area contributed by atoms with Gasteiger partial charge in [0.1, 0.15) is 0 Å². The van der Waals surface area contributed by atoms with Crippen LogP contribution in [0.25, 0.3) is 0 Å². The van der Waals surface area contributed by atoms with Crippen LogP contribution in [0.4, 0.5) is 0 Å². The number of aliphatic carboxylic acids is 1. The number of carboxylic acid groups (broad SMARTS) is 1. The average Bonchev–Trinajstić information content (AvgIpc) is 2.42. The van der Waals surface area contributed by atoms with Crippen molar-refractivity contribution in [2.75, 3.05) is 12.3 Å². The number of carbonyl (C=O) groups is 2. The van der Waals surface area contributed by atoms with E-state index in [1.165, 1.54) is 18.0 Å². The maximum absolute atomic E-state index is 11.9. The quantitative estimate of drug-likeness (QED) is 0.434. The van der Waals surface area contributed by atoms with Crippen molar-refractivity contribution in [2.24, 2.45) is 0 Å². The molecule has 0 spiro atoms. The third kappa shape index (κ3) is 5.75. The van der Waals surface area contributed by atoms with E-state index >= 15 is 0 Å². The summed E-state index contributed by atoms with van der Waals surface area (Å²) in [6, 6.07) is 0. The summed E-state index contributed by atoms with van der Waals surface area (Å²) in [6.45, 7) is 2.31. The largest absolute Gasteiger partial charge is 0.481 e. The van der Waals surface area contributed by atoms with Crippen LogP contribution in [0, 0.1) is 0 Å². The molecule has 2 N–H and O–H groups in total. The van der Waals surface area contributed by atoms with Gasteiger partial charge in [-0.15, -0.1) is 0 Å². The van der Waals surface area contributed by atoms with E-state index in [0.717, 1.165) is 12.2 Å². The first kappa shape index (κ1) is 16.7. The summed E-state index contributed by atoms with van der Waals surface area (Å²) < 4.78 is 0. The van der Waals surface area contributed by atoms with Crippen molar-refractivity contribution in [1.82, 2.24) is 15.3 Å². The predicted octanol–water partition coefficient (Wildman–Crippen LogP) is 2.23. The number of aromatic nitrogens is 2. The van der Waals surface area contributed by atoms with Gasteiger partial charge in [-0.1, -0.05) is 30.3 Å². The highest BCUT2D eigenvalue weighted by molar-refractivity contribution is 7.99. The van der Waals surface area contributed by atoms with E-state index < -0.39 is 11.9 Å². The molecule has 0 saturated carbocycles. The Morgan fingerprint density at radius 1 is 1.50 bits per heavy atom. The van der Waals surface area contributed by atoms with Crippen molar-refractivity contribution in [3.63, 3.8) is 0 Å². The van der Waals surface area contributed by atoms with Gasteiger partial charge in [0.2, 0.25) is 0 Å². The molecule has 0 aromatic carbocycles. The molecule has 1 amide bonds. The van der Waals surface area contributed by atoms with Gasteiger partial charge in [0.25, 0.3) is 5.91 Å². The third-order valence-electron chi connectivity index (χ3n) is 2.23. The molecule has 20 heavy (non-hydrogen) atoms. The van der Waals surface area contributed by atoms with E-state index in [-0.39, 0.29) is 23.7 Å². The molecule has 0 fully saturated rings. The number of halogens is 1. The Hall–Kier alpha value is -1.34. The molecule has 0 aliphatic rings. The molecule has 0 unspecified atom stereocenters. The van der Waals surface area contributed by atoms with Crippen LogP contribution < -0.4 is 5.32 Å². The molecule has 110 valence electrons. The Morgan fingerprint density at radius 3 is 2.90 bits per heavy atom. The molecule has 1 heterocycles. The smallest absolute Gasteiger partial charge is 0.303 e. The second kappa shape index (κ2) is 8.76. The topological polar surface area (TPSA) is 92.2 Å². The van der Waals surface area contributed by atoms with Gasteiger partial charge in [0.05, 0.1) is 11.2 Å². The van der Waals surface area contributed by atoms with Crippen LogP contribution in [0.5, 0.6) is 0 Å². The Balaban J connectivity index is 2.59. The van der Waals surface area contributed by atoms with Gasteiger partial charge in [-0.3, -0.25) is 9.59 Å². The molecule has 0 aliphatic heterocycles. The number of hydrogen-bond donors (Lipinski definition) is 2. The summed E-state index contributed by atoms with van der Waals surface area (Å²) in [5.41, 5.74) is 0.121. The molecule has 0 bridgehead atoms. The highest BCUT2D eigenvalue weighted by Crippen LogP contribution is 2.18. The standard InChI is InChI=1S/C12H16ClN3O3S/c1-2-6-20-12-15-7-8(13)10(16-12)11(19)14-5-3-4-9(17)18/h7H,2-6H2,1H3,(H,14,19)(H,17,18). The summed E-state index contributed by atoms with van der Waals surface area (Å²) in [5.74, 6) is -0.444. The van der Waals surface area contributed by atoms with Crippen molar-refractivity contribution in [2.45, 2.75) is 31.3 Å². The lowest BCUT2D eigenvalue weighted by Gasteiger charge is -2.06. The van der Waals surface area contributed by atoms with E-state index in [0.29, 0.717) is 11.6 Å². The van der Waals surface area contributed by atoms with Crippen LogP contribution in [0.3, 0.4) is 0 Å². The van der Waals surface area contributed by atoms with Crippen molar-refractivity contribution < 1.29 is 14.7 Å². The minimum Gasteiger partial charge on any atom is -0.481 e. The highest BCUT2D eigenvalue weighted by Gasteiger charge is 2.14. The van der Waals surface area contributed by atoms with Crippen LogP contribution in [-0.2, 0) is 4.79 Å². The summed E-state index contributed by atoms with van der Waals surface area (Å²) in [4.78, 5) is 30.4. The first-order valence-electron chi connectivity index (χ1n) is 6.20. The van der Waals surface area contributed by atoms with Crippen LogP contribution >= 0.6 is 23.4 Å². The number of rotatable bonds is 8. The van der Waals surface area contributed by atoms with Crippen LogP contribution in [-0.4, -0.2) is 39.2 Å². The second-order valence-electron chi connectivity index (χ2n) is 3.95. The molecule has 6 nitrogen and oxygen atoms in total. The molecular weight excluding hydrogens is 302 g/mol. The number of carboxylic acids is 1. The number of thioether (sulfide) groups is 1. The second-order valence-corrected chi connectivity index (χ2v) is 5.42. The Kier molecular flexibility index (Phi) is 7.32. The molecule has 1 aromatic rings. The minimum atomic E-state index is -0.891. The lowest BCUT2D eigenvalue weighted by molar-refractivity contribution is -0.137. The van der Waals surface area contributed by atoms with Crippen molar-refractivity contribution >= 4 is 35.2 Å². The first-order valence-corrected chi connectivity index (χ1v) is 7.56. The molecule has 1 aromatic heterocycles. The predicted molar refractivity (Wildman–Crippen MR) is 77.3 cm³/mol. The van der Waals surface area contributed by atoms with Gasteiger partial charge >= 0.3 is 5.97 Å². The van der Waals surface area contributed by atoms with Crippen LogP contribution in [0.15, 0.2) is 11.4 Å². The fourth-order valence-corrected chi connectivity index (χ4v) is 2.14. The number of nitrogens with zero attached hydrogens (tertiary/aromatic N) is 2. The maximum atomic E-state index is 11.9. The SMILES string of the molecule is CCCSc1ncc(Cl)c(C(=O)NCCCC(=O)O)n1. The maximum Gasteiger partial charge on any atom is 0.303 e. The van der Waals surface area contributed by atoms with Crippen molar-refractivity contribution in [3.8, 4) is 0 Å². The van der Waals surface area contributed by atoms with Crippen LogP contribution in [0.2, 0.25) is 5.02 Å². The zero-order valence-corrected chi connectivity index (χ0v) is 12.6. The monoisotopic (exact) mass is 317 g/mol. The van der Waals surface area contributed by atoms with Gasteiger partial charge in [-0.25, -0.2) is 9.97 Å². The van der Waals surface area contributed by atoms with Gasteiger partial charge in [0, 0.05) is 18.7 Å². The summed E-state index contributed by atoms with van der Waals surface area (Å²) in [5, 5.41) is 11.8. The number of nitrogens with one attached hydrogen (secondary N) is 1. The first-order chi connectivity index (χ1) is 9.54. The molecule has 8 heteroatoms. The van der Waals surface area contributed by atoms with Crippen LogP contribution in [0.1, 0.15) is 36.7 Å². The summed E-state index contributed by atoms with van der Waals surface area (Å²) >= 11 is 7.35. The molecule has 0 aliphatic carbocycles.